The predicted molar refractivity (Wildman–Crippen MR) is 55.2 cm³/mol. The third-order valence-electron chi connectivity index (χ3n) is 2.00. The molecule has 1 aromatic heterocycles. The molecule has 0 amide bonds. The molecule has 0 aromatic carbocycles. The van der Waals surface area contributed by atoms with Crippen LogP contribution in [0, 0.1) is 6.92 Å². The van der Waals surface area contributed by atoms with Gasteiger partial charge in [-0.1, -0.05) is 32.4 Å². The second kappa shape index (κ2) is 4.05. The van der Waals surface area contributed by atoms with E-state index in [4.69, 9.17) is 11.6 Å². The lowest BCUT2D eigenvalue weighted by Crippen LogP contribution is -2.04. The molecule has 0 spiro atoms. The Hall–Kier alpha value is -0.630. The van der Waals surface area contributed by atoms with Crippen LogP contribution in [-0.4, -0.2) is 9.97 Å². The summed E-state index contributed by atoms with van der Waals surface area (Å²) in [4.78, 5) is 8.54. The Kier molecular flexibility index (Phi) is 3.26. The third kappa shape index (κ3) is 2.19. The Labute approximate surface area is 84.4 Å². The quantitative estimate of drug-likeness (QED) is 0.683. The van der Waals surface area contributed by atoms with Crippen molar-refractivity contribution >= 4 is 11.6 Å². The van der Waals surface area contributed by atoms with Crippen molar-refractivity contribution in [3.05, 3.63) is 22.2 Å². The van der Waals surface area contributed by atoms with Gasteiger partial charge in [-0.05, 0) is 19.3 Å². The first-order chi connectivity index (χ1) is 6.06. The van der Waals surface area contributed by atoms with Gasteiger partial charge in [-0.2, -0.15) is 0 Å². The molecule has 0 saturated heterocycles. The van der Waals surface area contributed by atoms with E-state index in [-0.39, 0.29) is 0 Å². The Morgan fingerprint density at radius 3 is 2.38 bits per heavy atom. The van der Waals surface area contributed by atoms with Crippen molar-refractivity contribution in [3.63, 3.8) is 0 Å². The maximum absolute atomic E-state index is 6.06. The van der Waals surface area contributed by atoms with E-state index in [0.717, 1.165) is 23.5 Å². The van der Waals surface area contributed by atoms with E-state index in [0.29, 0.717) is 11.1 Å². The topological polar surface area (TPSA) is 25.8 Å². The summed E-state index contributed by atoms with van der Waals surface area (Å²) in [6, 6.07) is 0. The van der Waals surface area contributed by atoms with Crippen molar-refractivity contribution in [2.75, 3.05) is 0 Å². The van der Waals surface area contributed by atoms with Gasteiger partial charge >= 0.3 is 0 Å². The third-order valence-corrected chi connectivity index (χ3v) is 2.29. The van der Waals surface area contributed by atoms with Gasteiger partial charge in [0, 0.05) is 11.3 Å². The van der Waals surface area contributed by atoms with Gasteiger partial charge in [-0.3, -0.25) is 0 Å². The molecule has 0 unspecified atom stereocenters. The SMILES string of the molecule is CCc1nc(C)nc(Cl)c1C(C)C. The predicted octanol–water partition coefficient (Wildman–Crippen LogP) is 3.12. The zero-order valence-corrected chi connectivity index (χ0v) is 9.31. The van der Waals surface area contributed by atoms with E-state index < -0.39 is 0 Å². The molecule has 0 aliphatic heterocycles. The standard InChI is InChI=1S/C10H15ClN2/c1-5-8-9(6(2)3)10(11)13-7(4)12-8/h6H,5H2,1-4H3. The summed E-state index contributed by atoms with van der Waals surface area (Å²) in [5, 5.41) is 0.611. The van der Waals surface area contributed by atoms with Crippen molar-refractivity contribution in [3.8, 4) is 0 Å². The second-order valence-electron chi connectivity index (χ2n) is 3.43. The molecule has 13 heavy (non-hydrogen) atoms. The molecule has 2 nitrogen and oxygen atoms in total. The van der Waals surface area contributed by atoms with Crippen molar-refractivity contribution in [2.24, 2.45) is 0 Å². The molecule has 0 N–H and O–H groups in total. The van der Waals surface area contributed by atoms with E-state index in [2.05, 4.69) is 30.7 Å². The van der Waals surface area contributed by atoms with Crippen molar-refractivity contribution < 1.29 is 0 Å². The molecule has 0 aliphatic carbocycles. The maximum Gasteiger partial charge on any atom is 0.136 e. The van der Waals surface area contributed by atoms with Crippen LogP contribution in [0.5, 0.6) is 0 Å². The lowest BCUT2D eigenvalue weighted by molar-refractivity contribution is 0.799. The summed E-state index contributed by atoms with van der Waals surface area (Å²) < 4.78 is 0. The molecule has 1 rings (SSSR count). The monoisotopic (exact) mass is 198 g/mol. The second-order valence-corrected chi connectivity index (χ2v) is 3.79. The van der Waals surface area contributed by atoms with Gasteiger partial charge in [-0.25, -0.2) is 9.97 Å². The minimum atomic E-state index is 0.392. The normalized spacial score (nSPS) is 10.9. The highest BCUT2D eigenvalue weighted by molar-refractivity contribution is 6.30. The van der Waals surface area contributed by atoms with E-state index in [1.807, 2.05) is 6.92 Å². The number of aromatic nitrogens is 2. The van der Waals surface area contributed by atoms with Gasteiger partial charge in [0.25, 0.3) is 0 Å². The van der Waals surface area contributed by atoms with E-state index in [9.17, 15) is 0 Å². The molecule has 0 saturated carbocycles. The minimum Gasteiger partial charge on any atom is -0.238 e. The van der Waals surface area contributed by atoms with E-state index in [1.165, 1.54) is 0 Å². The average Bonchev–Trinajstić information content (AvgIpc) is 2.01. The van der Waals surface area contributed by atoms with Crippen LogP contribution in [0.4, 0.5) is 0 Å². The van der Waals surface area contributed by atoms with Crippen LogP contribution in [0.2, 0.25) is 5.15 Å². The Morgan fingerprint density at radius 1 is 1.31 bits per heavy atom. The fourth-order valence-electron chi connectivity index (χ4n) is 1.44. The smallest absolute Gasteiger partial charge is 0.136 e. The number of halogens is 1. The zero-order chi connectivity index (χ0) is 10.0. The lowest BCUT2D eigenvalue weighted by Gasteiger charge is -2.12. The molecule has 72 valence electrons. The van der Waals surface area contributed by atoms with Crippen LogP contribution < -0.4 is 0 Å². The van der Waals surface area contributed by atoms with Crippen LogP contribution >= 0.6 is 11.6 Å². The fraction of sp³-hybridized carbons (Fsp3) is 0.600. The van der Waals surface area contributed by atoms with Crippen LogP contribution in [0.3, 0.4) is 0 Å². The van der Waals surface area contributed by atoms with Gasteiger partial charge in [0.15, 0.2) is 0 Å². The highest BCUT2D eigenvalue weighted by Gasteiger charge is 2.12. The van der Waals surface area contributed by atoms with Crippen molar-refractivity contribution in [1.29, 1.82) is 0 Å². The fourth-order valence-corrected chi connectivity index (χ4v) is 1.89. The first-order valence-electron chi connectivity index (χ1n) is 4.59. The van der Waals surface area contributed by atoms with Crippen molar-refractivity contribution in [1.82, 2.24) is 9.97 Å². The summed E-state index contributed by atoms with van der Waals surface area (Å²) in [6.45, 7) is 8.18. The molecule has 1 heterocycles. The minimum absolute atomic E-state index is 0.392. The summed E-state index contributed by atoms with van der Waals surface area (Å²) >= 11 is 6.06. The first kappa shape index (κ1) is 10.5. The van der Waals surface area contributed by atoms with Crippen molar-refractivity contribution in [2.45, 2.75) is 40.0 Å². The first-order valence-corrected chi connectivity index (χ1v) is 4.97. The van der Waals surface area contributed by atoms with Gasteiger partial charge < -0.3 is 0 Å². The molecule has 0 bridgehead atoms. The Morgan fingerprint density at radius 2 is 1.92 bits per heavy atom. The molecular formula is C10H15ClN2. The summed E-state index contributed by atoms with van der Waals surface area (Å²) in [6.07, 6.45) is 0.913. The van der Waals surface area contributed by atoms with Gasteiger partial charge in [0.2, 0.25) is 0 Å². The number of aryl methyl sites for hydroxylation is 2. The number of hydrogen-bond acceptors (Lipinski definition) is 2. The van der Waals surface area contributed by atoms with E-state index >= 15 is 0 Å². The van der Waals surface area contributed by atoms with Gasteiger partial charge in [-0.15, -0.1) is 0 Å². The summed E-state index contributed by atoms with van der Waals surface area (Å²) in [7, 11) is 0. The number of nitrogens with zero attached hydrogens (tertiary/aromatic N) is 2. The maximum atomic E-state index is 6.06. The molecule has 0 atom stereocenters. The number of rotatable bonds is 2. The molecule has 1 aromatic rings. The highest BCUT2D eigenvalue weighted by atomic mass is 35.5. The van der Waals surface area contributed by atoms with Crippen LogP contribution in [0.15, 0.2) is 0 Å². The summed E-state index contributed by atoms with van der Waals surface area (Å²) in [5.41, 5.74) is 2.17. The van der Waals surface area contributed by atoms with Crippen LogP contribution in [0.25, 0.3) is 0 Å². The molecule has 0 fully saturated rings. The lowest BCUT2D eigenvalue weighted by atomic mass is 10.0. The molecule has 0 aliphatic rings. The van der Waals surface area contributed by atoms with Gasteiger partial charge in [0.05, 0.1) is 0 Å². The highest BCUT2D eigenvalue weighted by Crippen LogP contribution is 2.25. The van der Waals surface area contributed by atoms with E-state index in [1.54, 1.807) is 0 Å². The largest absolute Gasteiger partial charge is 0.238 e. The van der Waals surface area contributed by atoms with Gasteiger partial charge in [0.1, 0.15) is 11.0 Å². The Balaban J connectivity index is 3.30. The zero-order valence-electron chi connectivity index (χ0n) is 8.56. The average molecular weight is 199 g/mol. The summed E-state index contributed by atoms with van der Waals surface area (Å²) in [5.74, 6) is 1.15. The Bertz CT molecular complexity index is 308. The number of hydrogen-bond donors (Lipinski definition) is 0. The molecule has 3 heteroatoms. The molecular weight excluding hydrogens is 184 g/mol. The van der Waals surface area contributed by atoms with Crippen LogP contribution in [-0.2, 0) is 6.42 Å². The van der Waals surface area contributed by atoms with Crippen LogP contribution in [0.1, 0.15) is 43.8 Å². The molecule has 0 radical (unpaired) electrons.